The predicted molar refractivity (Wildman–Crippen MR) is 121 cm³/mol. The molecule has 0 aliphatic heterocycles. The van der Waals surface area contributed by atoms with E-state index in [1.165, 1.54) is 0 Å². The molecule has 4 rings (SSSR count). The third kappa shape index (κ3) is 3.99. The van der Waals surface area contributed by atoms with Crippen molar-refractivity contribution in [2.24, 2.45) is 5.92 Å². The van der Waals surface area contributed by atoms with Gasteiger partial charge < -0.3 is 19.5 Å². The number of fused-ring (bicyclic) bond motifs is 1. The minimum absolute atomic E-state index is 0.244. The van der Waals surface area contributed by atoms with Crippen molar-refractivity contribution in [1.29, 1.82) is 0 Å². The zero-order valence-corrected chi connectivity index (χ0v) is 17.6. The Morgan fingerprint density at radius 1 is 0.867 bits per heavy atom. The van der Waals surface area contributed by atoms with Gasteiger partial charge in [-0.1, -0.05) is 26.0 Å². The highest BCUT2D eigenvalue weighted by atomic mass is 16.5. The zero-order chi connectivity index (χ0) is 21.3. The number of ether oxygens (including phenoxy) is 1. The fourth-order valence-corrected chi connectivity index (χ4v) is 3.80. The van der Waals surface area contributed by atoms with Crippen molar-refractivity contribution in [3.05, 3.63) is 77.9 Å². The van der Waals surface area contributed by atoms with Gasteiger partial charge in [-0.05, 0) is 84.1 Å². The van der Waals surface area contributed by atoms with Gasteiger partial charge in [0.05, 0.1) is 12.3 Å². The number of phenolic OH excluding ortho intramolecular Hbond substituents is 2. The number of aromatic hydroxyl groups is 2. The van der Waals surface area contributed by atoms with Crippen LogP contribution in [0.2, 0.25) is 0 Å². The number of nitrogens with zero attached hydrogens (tertiary/aromatic N) is 1. The average Bonchev–Trinajstić information content (AvgIpc) is 2.99. The lowest BCUT2D eigenvalue weighted by Gasteiger charge is -2.14. The van der Waals surface area contributed by atoms with Crippen molar-refractivity contribution in [2.75, 3.05) is 6.61 Å². The van der Waals surface area contributed by atoms with E-state index in [1.54, 1.807) is 18.2 Å². The molecule has 4 nitrogen and oxygen atoms in total. The molecule has 0 unspecified atom stereocenters. The molecule has 2 N–H and O–H groups in total. The van der Waals surface area contributed by atoms with Gasteiger partial charge in [-0.15, -0.1) is 0 Å². The molecule has 0 fully saturated rings. The quantitative estimate of drug-likeness (QED) is 0.410. The first-order valence-electron chi connectivity index (χ1n) is 10.3. The molecule has 1 aromatic heterocycles. The minimum Gasteiger partial charge on any atom is -0.508 e. The van der Waals surface area contributed by atoms with E-state index in [4.69, 9.17) is 4.74 Å². The largest absolute Gasteiger partial charge is 0.508 e. The summed E-state index contributed by atoms with van der Waals surface area (Å²) in [5.74, 6) is 1.87. The molecule has 0 spiro atoms. The Kier molecular flexibility index (Phi) is 5.40. The summed E-state index contributed by atoms with van der Waals surface area (Å²) in [4.78, 5) is 0. The summed E-state index contributed by atoms with van der Waals surface area (Å²) >= 11 is 0. The maximum absolute atomic E-state index is 10.0. The van der Waals surface area contributed by atoms with Crippen LogP contribution in [0, 0.1) is 12.8 Å². The second kappa shape index (κ2) is 8.15. The highest BCUT2D eigenvalue weighted by molar-refractivity contribution is 5.92. The van der Waals surface area contributed by atoms with Gasteiger partial charge in [-0.2, -0.15) is 0 Å². The van der Waals surface area contributed by atoms with Crippen LogP contribution >= 0.6 is 0 Å². The lowest BCUT2D eigenvalue weighted by Crippen LogP contribution is -2.05. The van der Waals surface area contributed by atoms with E-state index in [2.05, 4.69) is 37.5 Å². The average molecular weight is 402 g/mol. The maximum atomic E-state index is 10.0. The number of rotatable bonds is 6. The molecule has 154 valence electrons. The van der Waals surface area contributed by atoms with E-state index in [0.717, 1.165) is 39.0 Å². The van der Waals surface area contributed by atoms with Gasteiger partial charge in [0, 0.05) is 17.4 Å². The standard InChI is InChI=1S/C26H27NO3/c1-17(2)16-30-23-11-4-19(5-12-23)15-27-25-13-10-22(29)14-24(25)18(3)26(27)20-6-8-21(28)9-7-20/h4-14,17,28-29H,15-16H2,1-3H3. The second-order valence-electron chi connectivity index (χ2n) is 8.16. The summed E-state index contributed by atoms with van der Waals surface area (Å²) in [6.45, 7) is 7.74. The van der Waals surface area contributed by atoms with Crippen LogP contribution in [0.15, 0.2) is 66.7 Å². The van der Waals surface area contributed by atoms with E-state index >= 15 is 0 Å². The molecule has 0 aliphatic carbocycles. The van der Waals surface area contributed by atoms with Crippen LogP contribution in [-0.4, -0.2) is 21.4 Å². The van der Waals surface area contributed by atoms with Crippen molar-refractivity contribution in [3.8, 4) is 28.5 Å². The third-order valence-electron chi connectivity index (χ3n) is 5.29. The van der Waals surface area contributed by atoms with Gasteiger partial charge in [0.25, 0.3) is 0 Å². The van der Waals surface area contributed by atoms with E-state index < -0.39 is 0 Å². The molecule has 0 amide bonds. The normalized spacial score (nSPS) is 11.3. The molecule has 3 aromatic carbocycles. The number of aromatic nitrogens is 1. The van der Waals surface area contributed by atoms with Crippen molar-refractivity contribution < 1.29 is 14.9 Å². The van der Waals surface area contributed by atoms with Crippen molar-refractivity contribution in [2.45, 2.75) is 27.3 Å². The molecule has 0 radical (unpaired) electrons. The van der Waals surface area contributed by atoms with E-state index in [1.807, 2.05) is 36.4 Å². The summed E-state index contributed by atoms with van der Waals surface area (Å²) < 4.78 is 8.07. The first-order chi connectivity index (χ1) is 14.4. The topological polar surface area (TPSA) is 54.6 Å². The summed E-state index contributed by atoms with van der Waals surface area (Å²) in [5.41, 5.74) is 5.43. The summed E-state index contributed by atoms with van der Waals surface area (Å²) in [6, 6.07) is 21.0. The number of benzene rings is 3. The Balaban J connectivity index is 1.75. The van der Waals surface area contributed by atoms with Gasteiger partial charge >= 0.3 is 0 Å². The Morgan fingerprint density at radius 2 is 1.53 bits per heavy atom. The van der Waals surface area contributed by atoms with E-state index in [0.29, 0.717) is 19.1 Å². The number of hydrogen-bond acceptors (Lipinski definition) is 3. The summed E-state index contributed by atoms with van der Waals surface area (Å²) in [6.07, 6.45) is 0. The molecular formula is C26H27NO3. The van der Waals surface area contributed by atoms with Crippen molar-refractivity contribution in [1.82, 2.24) is 4.57 Å². The van der Waals surface area contributed by atoms with Crippen molar-refractivity contribution in [3.63, 3.8) is 0 Å². The van der Waals surface area contributed by atoms with Crippen LogP contribution in [0.25, 0.3) is 22.2 Å². The molecular weight excluding hydrogens is 374 g/mol. The summed E-state index contributed by atoms with van der Waals surface area (Å²) in [7, 11) is 0. The monoisotopic (exact) mass is 401 g/mol. The molecule has 0 aliphatic rings. The van der Waals surface area contributed by atoms with Gasteiger partial charge in [0.2, 0.25) is 0 Å². The highest BCUT2D eigenvalue weighted by Gasteiger charge is 2.17. The van der Waals surface area contributed by atoms with Crippen LogP contribution in [0.3, 0.4) is 0 Å². The SMILES string of the molecule is Cc1c(-c2ccc(O)cc2)n(Cc2ccc(OCC(C)C)cc2)c2ccc(O)cc12. The van der Waals surface area contributed by atoms with Crippen LogP contribution in [-0.2, 0) is 6.54 Å². The molecule has 0 saturated heterocycles. The van der Waals surface area contributed by atoms with Crippen molar-refractivity contribution >= 4 is 10.9 Å². The number of phenols is 2. The molecule has 0 atom stereocenters. The van der Waals surface area contributed by atoms with Gasteiger partial charge in [0.15, 0.2) is 0 Å². The zero-order valence-electron chi connectivity index (χ0n) is 17.6. The Hall–Kier alpha value is -3.40. The Bertz CT molecular complexity index is 1160. The molecule has 0 bridgehead atoms. The lowest BCUT2D eigenvalue weighted by atomic mass is 10.1. The van der Waals surface area contributed by atoms with Gasteiger partial charge in [0.1, 0.15) is 17.2 Å². The van der Waals surface area contributed by atoms with Crippen LogP contribution < -0.4 is 4.74 Å². The predicted octanol–water partition coefficient (Wildman–Crippen LogP) is 6.11. The second-order valence-corrected chi connectivity index (χ2v) is 8.16. The Labute approximate surface area is 177 Å². The maximum Gasteiger partial charge on any atom is 0.119 e. The molecule has 4 aromatic rings. The minimum atomic E-state index is 0.244. The molecule has 30 heavy (non-hydrogen) atoms. The van der Waals surface area contributed by atoms with Gasteiger partial charge in [-0.3, -0.25) is 0 Å². The Morgan fingerprint density at radius 3 is 2.20 bits per heavy atom. The number of hydrogen-bond donors (Lipinski definition) is 2. The molecule has 4 heteroatoms. The summed E-state index contributed by atoms with van der Waals surface area (Å²) in [5, 5.41) is 20.7. The van der Waals surface area contributed by atoms with Crippen LogP contribution in [0.4, 0.5) is 0 Å². The fourth-order valence-electron chi connectivity index (χ4n) is 3.80. The fraction of sp³-hybridized carbons (Fsp3) is 0.231. The molecule has 1 heterocycles. The lowest BCUT2D eigenvalue weighted by molar-refractivity contribution is 0.271. The number of aryl methyl sites for hydroxylation is 1. The van der Waals surface area contributed by atoms with Crippen LogP contribution in [0.1, 0.15) is 25.0 Å². The van der Waals surface area contributed by atoms with E-state index in [-0.39, 0.29) is 11.5 Å². The smallest absolute Gasteiger partial charge is 0.119 e. The van der Waals surface area contributed by atoms with Gasteiger partial charge in [-0.25, -0.2) is 0 Å². The van der Waals surface area contributed by atoms with Crippen LogP contribution in [0.5, 0.6) is 17.2 Å². The first-order valence-corrected chi connectivity index (χ1v) is 10.3. The third-order valence-corrected chi connectivity index (χ3v) is 5.29. The van der Waals surface area contributed by atoms with E-state index in [9.17, 15) is 10.2 Å². The highest BCUT2D eigenvalue weighted by Crippen LogP contribution is 2.36. The first kappa shape index (κ1) is 19.9. The molecule has 0 saturated carbocycles.